The van der Waals surface area contributed by atoms with Gasteiger partial charge in [0.2, 0.25) is 0 Å². The predicted molar refractivity (Wildman–Crippen MR) is 105 cm³/mol. The summed E-state index contributed by atoms with van der Waals surface area (Å²) in [7, 11) is -3.61. The summed E-state index contributed by atoms with van der Waals surface area (Å²) in [4.78, 5) is 17.5. The molecule has 4 heterocycles. The van der Waals surface area contributed by atoms with Crippen molar-refractivity contribution in [2.45, 2.75) is 29.2 Å². The van der Waals surface area contributed by atoms with Crippen LogP contribution in [0.4, 0.5) is 0 Å². The Labute approximate surface area is 166 Å². The molecule has 2 aromatic rings. The van der Waals surface area contributed by atoms with E-state index in [-0.39, 0.29) is 16.5 Å². The van der Waals surface area contributed by atoms with E-state index >= 15 is 0 Å². The zero-order valence-corrected chi connectivity index (χ0v) is 16.5. The highest BCUT2D eigenvalue weighted by molar-refractivity contribution is 7.98. The zero-order chi connectivity index (χ0) is 19.3. The minimum Gasteiger partial charge on any atom is -0.377 e. The largest absolute Gasteiger partial charge is 0.377 e. The van der Waals surface area contributed by atoms with Crippen LogP contribution in [0.15, 0.2) is 45.0 Å². The van der Waals surface area contributed by atoms with Crippen molar-refractivity contribution in [3.63, 3.8) is 0 Å². The van der Waals surface area contributed by atoms with Gasteiger partial charge in [-0.1, -0.05) is 12.1 Å². The summed E-state index contributed by atoms with van der Waals surface area (Å²) >= 11 is 1.80. The van der Waals surface area contributed by atoms with E-state index in [1.54, 1.807) is 42.1 Å². The number of benzene rings is 1. The summed E-state index contributed by atoms with van der Waals surface area (Å²) in [5, 5.41) is 4.60. The molecule has 10 heteroatoms. The van der Waals surface area contributed by atoms with Crippen LogP contribution >= 0.6 is 11.8 Å². The molecule has 1 saturated heterocycles. The second-order valence-electron chi connectivity index (χ2n) is 6.95. The molecule has 8 nitrogen and oxygen atoms in total. The standard InChI is InChI=1S/C18H18N4O4S2/c23-17-7-11-10-27-6-5-13(11)20-22(17)15-9-26-8-14(15)19-18-12-3-1-2-4-16(12)28(24,25)21-18/h1-4,7,14-15H,5-6,8-10H2,(H,19,21). The average molecular weight is 419 g/mol. The molecule has 0 saturated carbocycles. The number of ether oxygens (including phenoxy) is 1. The average Bonchev–Trinajstić information content (AvgIpc) is 3.24. The third-order valence-corrected chi connectivity index (χ3v) is 7.56. The number of rotatable bonds is 2. The first-order chi connectivity index (χ1) is 13.5. The second-order valence-corrected chi connectivity index (χ2v) is 9.71. The molecule has 0 aliphatic carbocycles. The number of nitrogens with one attached hydrogen (secondary N) is 1. The lowest BCUT2D eigenvalue weighted by molar-refractivity contribution is 0.182. The van der Waals surface area contributed by atoms with Crippen LogP contribution in [0.5, 0.6) is 0 Å². The number of aliphatic imine (C=N–C) groups is 1. The molecule has 146 valence electrons. The van der Waals surface area contributed by atoms with Crippen molar-refractivity contribution in [1.82, 2.24) is 14.5 Å². The zero-order valence-electron chi connectivity index (χ0n) is 14.9. The number of fused-ring (bicyclic) bond motifs is 2. The van der Waals surface area contributed by atoms with Gasteiger partial charge in [-0.3, -0.25) is 14.5 Å². The number of thioether (sulfide) groups is 1. The van der Waals surface area contributed by atoms with Gasteiger partial charge in [-0.05, 0) is 23.4 Å². The molecule has 0 bridgehead atoms. The van der Waals surface area contributed by atoms with Gasteiger partial charge in [0, 0.05) is 23.8 Å². The smallest absolute Gasteiger partial charge is 0.267 e. The third kappa shape index (κ3) is 2.96. The Bertz CT molecular complexity index is 1140. The molecule has 2 atom stereocenters. The van der Waals surface area contributed by atoms with Crippen LogP contribution in [0.1, 0.15) is 22.9 Å². The molecule has 0 spiro atoms. The summed E-state index contributed by atoms with van der Waals surface area (Å²) in [5.41, 5.74) is 2.31. The second kappa shape index (κ2) is 6.71. The maximum atomic E-state index is 12.6. The highest BCUT2D eigenvalue weighted by Gasteiger charge is 2.36. The molecule has 0 radical (unpaired) electrons. The van der Waals surface area contributed by atoms with Gasteiger partial charge >= 0.3 is 0 Å². The van der Waals surface area contributed by atoms with Gasteiger partial charge in [0.15, 0.2) is 0 Å². The first-order valence-electron chi connectivity index (χ1n) is 9.00. The van der Waals surface area contributed by atoms with Crippen molar-refractivity contribution in [3.8, 4) is 0 Å². The molecule has 3 aliphatic heterocycles. The van der Waals surface area contributed by atoms with Crippen molar-refractivity contribution in [2.24, 2.45) is 4.99 Å². The first-order valence-corrected chi connectivity index (χ1v) is 11.6. The van der Waals surface area contributed by atoms with E-state index < -0.39 is 16.1 Å². The van der Waals surface area contributed by atoms with Crippen molar-refractivity contribution in [1.29, 1.82) is 0 Å². The van der Waals surface area contributed by atoms with Crippen molar-refractivity contribution in [3.05, 3.63) is 57.5 Å². The number of hydrogen-bond acceptors (Lipinski definition) is 7. The Morgan fingerprint density at radius 2 is 2.14 bits per heavy atom. The van der Waals surface area contributed by atoms with Crippen LogP contribution in [0.3, 0.4) is 0 Å². The number of amidine groups is 1. The normalized spacial score (nSPS) is 26.6. The molecule has 1 aromatic heterocycles. The molecular weight excluding hydrogens is 400 g/mol. The summed E-state index contributed by atoms with van der Waals surface area (Å²) in [6, 6.07) is 7.62. The molecule has 2 unspecified atom stereocenters. The van der Waals surface area contributed by atoms with Gasteiger partial charge in [0.25, 0.3) is 15.6 Å². The lowest BCUT2D eigenvalue weighted by Crippen LogP contribution is -2.35. The molecular formula is C18H18N4O4S2. The van der Waals surface area contributed by atoms with E-state index in [0.29, 0.717) is 24.6 Å². The van der Waals surface area contributed by atoms with Crippen LogP contribution in [-0.2, 0) is 26.9 Å². The van der Waals surface area contributed by atoms with Gasteiger partial charge in [0.1, 0.15) is 17.9 Å². The quantitative estimate of drug-likeness (QED) is 0.771. The van der Waals surface area contributed by atoms with E-state index in [1.807, 2.05) is 0 Å². The van der Waals surface area contributed by atoms with E-state index in [4.69, 9.17) is 4.74 Å². The SMILES string of the molecule is O=c1cc2c(nn1C1COCC1N=C1NS(=O)(=O)c3ccccc31)CCSC2. The van der Waals surface area contributed by atoms with Crippen molar-refractivity contribution >= 4 is 27.6 Å². The van der Waals surface area contributed by atoms with Crippen molar-refractivity contribution in [2.75, 3.05) is 19.0 Å². The molecule has 1 fully saturated rings. The van der Waals surface area contributed by atoms with Crippen LogP contribution in [0.2, 0.25) is 0 Å². The maximum Gasteiger partial charge on any atom is 0.267 e. The lowest BCUT2D eigenvalue weighted by Gasteiger charge is -2.20. The topological polar surface area (TPSA) is 103 Å². The Morgan fingerprint density at radius 3 is 3.04 bits per heavy atom. The van der Waals surface area contributed by atoms with Crippen LogP contribution < -0.4 is 10.3 Å². The summed E-state index contributed by atoms with van der Waals surface area (Å²) in [6.07, 6.45) is 0.834. The molecule has 5 rings (SSSR count). The van der Waals surface area contributed by atoms with E-state index in [9.17, 15) is 13.2 Å². The van der Waals surface area contributed by atoms with Crippen molar-refractivity contribution < 1.29 is 13.2 Å². The van der Waals surface area contributed by atoms with Gasteiger partial charge < -0.3 is 4.74 Å². The van der Waals surface area contributed by atoms with Crippen LogP contribution in [0, 0.1) is 0 Å². The molecule has 28 heavy (non-hydrogen) atoms. The van der Waals surface area contributed by atoms with Gasteiger partial charge in [-0.2, -0.15) is 16.9 Å². The minimum absolute atomic E-state index is 0.172. The Balaban J connectivity index is 1.53. The molecule has 1 N–H and O–H groups in total. The minimum atomic E-state index is -3.61. The van der Waals surface area contributed by atoms with Crippen LogP contribution in [0.25, 0.3) is 0 Å². The van der Waals surface area contributed by atoms with E-state index in [1.165, 1.54) is 4.68 Å². The van der Waals surface area contributed by atoms with E-state index in [0.717, 1.165) is 29.2 Å². The number of aromatic nitrogens is 2. The molecule has 3 aliphatic rings. The fraction of sp³-hybridized carbons (Fsp3) is 0.389. The fourth-order valence-corrected chi connectivity index (χ4v) is 5.94. The highest BCUT2D eigenvalue weighted by atomic mass is 32.2. The van der Waals surface area contributed by atoms with Gasteiger partial charge in [-0.15, -0.1) is 0 Å². The number of sulfonamides is 1. The summed E-state index contributed by atoms with van der Waals surface area (Å²) in [6.45, 7) is 0.620. The third-order valence-electron chi connectivity index (χ3n) is 5.16. The number of aryl methyl sites for hydroxylation is 1. The number of nitrogens with zero attached hydrogens (tertiary/aromatic N) is 3. The molecule has 1 aromatic carbocycles. The fourth-order valence-electron chi connectivity index (χ4n) is 3.75. The maximum absolute atomic E-state index is 12.6. The lowest BCUT2D eigenvalue weighted by atomic mass is 10.1. The summed E-state index contributed by atoms with van der Waals surface area (Å²) < 4.78 is 34.2. The van der Waals surface area contributed by atoms with E-state index in [2.05, 4.69) is 14.8 Å². The Kier molecular flexibility index (Phi) is 4.29. The first kappa shape index (κ1) is 17.9. The summed E-state index contributed by atoms with van der Waals surface area (Å²) in [5.74, 6) is 2.09. The number of hydrogen-bond donors (Lipinski definition) is 1. The monoisotopic (exact) mass is 418 g/mol. The Hall–Kier alpha value is -2.17. The highest BCUT2D eigenvalue weighted by Crippen LogP contribution is 2.27. The van der Waals surface area contributed by atoms with Crippen LogP contribution in [-0.4, -0.2) is 49.0 Å². The molecule has 0 amide bonds. The predicted octanol–water partition coefficient (Wildman–Crippen LogP) is 0.711. The van der Waals surface area contributed by atoms with Gasteiger partial charge in [0.05, 0.1) is 23.8 Å². The Morgan fingerprint density at radius 1 is 1.29 bits per heavy atom. The van der Waals surface area contributed by atoms with Gasteiger partial charge in [-0.25, -0.2) is 13.1 Å².